The van der Waals surface area contributed by atoms with E-state index in [2.05, 4.69) is 15.5 Å². The lowest BCUT2D eigenvalue weighted by Crippen LogP contribution is -2.32. The summed E-state index contributed by atoms with van der Waals surface area (Å²) in [7, 11) is 0. The number of carbonyl (C=O) groups is 1. The van der Waals surface area contributed by atoms with Gasteiger partial charge >= 0.3 is 11.4 Å². The summed E-state index contributed by atoms with van der Waals surface area (Å²) in [4.78, 5) is 35.6. The van der Waals surface area contributed by atoms with Crippen LogP contribution < -0.4 is 16.7 Å². The number of ether oxygens (including phenoxy) is 1. The highest BCUT2D eigenvalue weighted by atomic mass is 16.5. The van der Waals surface area contributed by atoms with Crippen molar-refractivity contribution < 1.29 is 9.53 Å². The van der Waals surface area contributed by atoms with E-state index in [4.69, 9.17) is 4.74 Å². The summed E-state index contributed by atoms with van der Waals surface area (Å²) in [6, 6.07) is 6.52. The highest BCUT2D eigenvalue weighted by Crippen LogP contribution is 2.28. The Kier molecular flexibility index (Phi) is 4.39. The van der Waals surface area contributed by atoms with Crippen molar-refractivity contribution >= 4 is 11.6 Å². The summed E-state index contributed by atoms with van der Waals surface area (Å²) in [6.45, 7) is 4.67. The number of rotatable bonds is 4. The molecular formula is C16H20N4O4. The molecule has 1 saturated heterocycles. The topological polar surface area (TPSA) is 109 Å². The molecule has 1 fully saturated rings. The standard InChI is InChI=1S/C16H20N4O4/c1-9(2)13-12(7-8-24-13)14(21)17-10-3-5-11(6-4-10)20-15(22)18-19-16(20)23/h3-6,9,12-13H,7-8H2,1-2H3,(H,17,21)(H,18,22)(H,19,23)/t12-,13+/m0/s1. The minimum absolute atomic E-state index is 0.0683. The first kappa shape index (κ1) is 16.3. The highest BCUT2D eigenvalue weighted by Gasteiger charge is 2.35. The van der Waals surface area contributed by atoms with Gasteiger partial charge in [0.05, 0.1) is 17.7 Å². The molecule has 0 unspecified atom stereocenters. The maximum Gasteiger partial charge on any atom is 0.348 e. The number of nitrogens with zero attached hydrogens (tertiary/aromatic N) is 1. The normalized spacial score (nSPS) is 20.5. The van der Waals surface area contributed by atoms with E-state index in [9.17, 15) is 14.4 Å². The molecular weight excluding hydrogens is 312 g/mol. The summed E-state index contributed by atoms with van der Waals surface area (Å²) in [6.07, 6.45) is 0.641. The van der Waals surface area contributed by atoms with Gasteiger partial charge in [-0.05, 0) is 36.6 Å². The Hall–Kier alpha value is -2.61. The number of hydrogen-bond donors (Lipinski definition) is 3. The molecule has 1 aromatic carbocycles. The SMILES string of the molecule is CC(C)[C@H]1OCC[C@@H]1C(=O)Nc1ccc(-n2c(=O)[nH][nH]c2=O)cc1. The van der Waals surface area contributed by atoms with Crippen molar-refractivity contribution in [1.29, 1.82) is 0 Å². The molecule has 0 radical (unpaired) electrons. The first-order valence-corrected chi connectivity index (χ1v) is 7.90. The van der Waals surface area contributed by atoms with Gasteiger partial charge in [-0.25, -0.2) is 24.4 Å². The van der Waals surface area contributed by atoms with Crippen LogP contribution in [0.4, 0.5) is 5.69 Å². The Morgan fingerprint density at radius 2 is 1.83 bits per heavy atom. The molecule has 0 saturated carbocycles. The molecule has 0 aliphatic carbocycles. The van der Waals surface area contributed by atoms with Crippen molar-refractivity contribution in [2.24, 2.45) is 11.8 Å². The molecule has 8 heteroatoms. The Morgan fingerprint density at radius 1 is 1.21 bits per heavy atom. The van der Waals surface area contributed by atoms with Crippen LogP contribution in [0.5, 0.6) is 0 Å². The minimum Gasteiger partial charge on any atom is -0.377 e. The average molecular weight is 332 g/mol. The zero-order valence-electron chi connectivity index (χ0n) is 13.5. The molecule has 3 rings (SSSR count). The minimum atomic E-state index is -0.542. The molecule has 1 aromatic heterocycles. The molecule has 1 amide bonds. The van der Waals surface area contributed by atoms with Crippen LogP contribution in [0.25, 0.3) is 5.69 Å². The van der Waals surface area contributed by atoms with E-state index in [1.807, 2.05) is 13.8 Å². The first-order chi connectivity index (χ1) is 11.5. The average Bonchev–Trinajstić information content (AvgIpc) is 3.16. The van der Waals surface area contributed by atoms with E-state index in [0.717, 1.165) is 4.57 Å². The van der Waals surface area contributed by atoms with Crippen molar-refractivity contribution in [3.63, 3.8) is 0 Å². The second-order valence-electron chi connectivity index (χ2n) is 6.21. The third-order valence-electron chi connectivity index (χ3n) is 4.21. The Balaban J connectivity index is 1.74. The predicted octanol–water partition coefficient (Wildman–Crippen LogP) is 0.854. The number of aromatic amines is 2. The van der Waals surface area contributed by atoms with E-state index in [1.54, 1.807) is 24.3 Å². The molecule has 2 atom stereocenters. The Labute approximate surface area is 137 Å². The van der Waals surface area contributed by atoms with Gasteiger partial charge in [-0.3, -0.25) is 4.79 Å². The van der Waals surface area contributed by atoms with Gasteiger partial charge in [-0.2, -0.15) is 0 Å². The summed E-state index contributed by atoms with van der Waals surface area (Å²) in [5, 5.41) is 7.31. The molecule has 8 nitrogen and oxygen atoms in total. The summed E-state index contributed by atoms with van der Waals surface area (Å²) < 4.78 is 6.62. The summed E-state index contributed by atoms with van der Waals surface area (Å²) >= 11 is 0. The fraction of sp³-hybridized carbons (Fsp3) is 0.438. The fourth-order valence-corrected chi connectivity index (χ4v) is 3.02. The van der Waals surface area contributed by atoms with E-state index < -0.39 is 11.4 Å². The van der Waals surface area contributed by atoms with Crippen LogP contribution in [0.2, 0.25) is 0 Å². The first-order valence-electron chi connectivity index (χ1n) is 7.90. The lowest BCUT2D eigenvalue weighted by molar-refractivity contribution is -0.122. The van der Waals surface area contributed by atoms with Crippen LogP contribution in [0.3, 0.4) is 0 Å². The van der Waals surface area contributed by atoms with Gasteiger partial charge in [0.25, 0.3) is 0 Å². The molecule has 2 heterocycles. The zero-order valence-corrected chi connectivity index (χ0v) is 13.5. The molecule has 0 bridgehead atoms. The number of amides is 1. The number of carbonyl (C=O) groups excluding carboxylic acids is 1. The largest absolute Gasteiger partial charge is 0.377 e. The maximum atomic E-state index is 12.4. The fourth-order valence-electron chi connectivity index (χ4n) is 3.02. The molecule has 1 aliphatic rings. The van der Waals surface area contributed by atoms with Gasteiger partial charge in [-0.15, -0.1) is 0 Å². The summed E-state index contributed by atoms with van der Waals surface area (Å²) in [5.74, 6) is 0.0354. The van der Waals surface area contributed by atoms with Crippen LogP contribution >= 0.6 is 0 Å². The quantitative estimate of drug-likeness (QED) is 0.771. The monoisotopic (exact) mass is 332 g/mol. The Morgan fingerprint density at radius 3 is 2.42 bits per heavy atom. The van der Waals surface area contributed by atoms with Crippen molar-refractivity contribution in [3.05, 3.63) is 45.2 Å². The van der Waals surface area contributed by atoms with Crippen LogP contribution in [-0.2, 0) is 9.53 Å². The molecule has 1 aliphatic heterocycles. The molecule has 0 spiro atoms. The maximum absolute atomic E-state index is 12.4. The molecule has 24 heavy (non-hydrogen) atoms. The van der Waals surface area contributed by atoms with Crippen molar-refractivity contribution in [1.82, 2.24) is 14.8 Å². The number of hydrogen-bond acceptors (Lipinski definition) is 4. The summed E-state index contributed by atoms with van der Waals surface area (Å²) in [5.41, 5.74) is -0.0535. The highest BCUT2D eigenvalue weighted by molar-refractivity contribution is 5.93. The second-order valence-corrected chi connectivity index (χ2v) is 6.21. The van der Waals surface area contributed by atoms with Crippen LogP contribution in [0.15, 0.2) is 33.9 Å². The van der Waals surface area contributed by atoms with Gasteiger partial charge in [0.1, 0.15) is 0 Å². The van der Waals surface area contributed by atoms with E-state index in [-0.39, 0.29) is 23.8 Å². The second kappa shape index (κ2) is 6.48. The van der Waals surface area contributed by atoms with Crippen molar-refractivity contribution in [3.8, 4) is 5.69 Å². The number of aromatic nitrogens is 3. The zero-order chi connectivity index (χ0) is 17.3. The van der Waals surface area contributed by atoms with Gasteiger partial charge in [0, 0.05) is 12.3 Å². The Bertz CT molecular complexity index is 803. The van der Waals surface area contributed by atoms with Gasteiger partial charge in [0.15, 0.2) is 0 Å². The predicted molar refractivity (Wildman–Crippen MR) is 88.3 cm³/mol. The van der Waals surface area contributed by atoms with E-state index >= 15 is 0 Å². The van der Waals surface area contributed by atoms with Gasteiger partial charge in [-0.1, -0.05) is 13.8 Å². The van der Waals surface area contributed by atoms with Crippen molar-refractivity contribution in [2.45, 2.75) is 26.4 Å². The van der Waals surface area contributed by atoms with E-state index in [1.165, 1.54) is 0 Å². The lowest BCUT2D eigenvalue weighted by atomic mass is 9.92. The van der Waals surface area contributed by atoms with Crippen molar-refractivity contribution in [2.75, 3.05) is 11.9 Å². The van der Waals surface area contributed by atoms with Crippen LogP contribution in [-0.4, -0.2) is 33.4 Å². The third-order valence-corrected chi connectivity index (χ3v) is 4.21. The van der Waals surface area contributed by atoms with Gasteiger partial charge < -0.3 is 10.1 Å². The molecule has 2 aromatic rings. The van der Waals surface area contributed by atoms with Gasteiger partial charge in [0.2, 0.25) is 5.91 Å². The lowest BCUT2D eigenvalue weighted by Gasteiger charge is -2.21. The number of benzene rings is 1. The molecule has 3 N–H and O–H groups in total. The molecule has 128 valence electrons. The number of anilines is 1. The third kappa shape index (κ3) is 3.05. The smallest absolute Gasteiger partial charge is 0.348 e. The van der Waals surface area contributed by atoms with E-state index in [0.29, 0.717) is 24.4 Å². The van der Waals surface area contributed by atoms with Crippen LogP contribution in [0.1, 0.15) is 20.3 Å². The number of H-pyrrole nitrogens is 2. The van der Waals surface area contributed by atoms with Crippen LogP contribution in [0, 0.1) is 11.8 Å². The number of nitrogens with one attached hydrogen (secondary N) is 3.